The van der Waals surface area contributed by atoms with Crippen LogP contribution in [0.2, 0.25) is 0 Å². The highest BCUT2D eigenvalue weighted by Crippen LogP contribution is 2.34. The molecule has 2 atom stereocenters. The summed E-state index contributed by atoms with van der Waals surface area (Å²) in [5.41, 5.74) is 1.34. The van der Waals surface area contributed by atoms with Crippen molar-refractivity contribution in [3.05, 3.63) is 18.2 Å². The molecule has 0 radical (unpaired) electrons. The molecular weight excluding hydrogens is 210 g/mol. The third-order valence-corrected chi connectivity index (χ3v) is 3.67. The van der Waals surface area contributed by atoms with Crippen LogP contribution in [0.3, 0.4) is 0 Å². The van der Waals surface area contributed by atoms with E-state index in [2.05, 4.69) is 35.6 Å². The molecule has 1 heterocycles. The van der Waals surface area contributed by atoms with Crippen molar-refractivity contribution < 1.29 is 0 Å². The molecule has 2 unspecified atom stereocenters. The Bertz CT molecular complexity index is 343. The first-order valence-corrected chi connectivity index (χ1v) is 6.88. The van der Waals surface area contributed by atoms with Gasteiger partial charge in [0.1, 0.15) is 0 Å². The average molecular weight is 235 g/mol. The fourth-order valence-corrected chi connectivity index (χ4v) is 2.72. The average Bonchev–Trinajstić information content (AvgIpc) is 2.86. The molecule has 1 aliphatic carbocycles. The molecule has 17 heavy (non-hydrogen) atoms. The number of nitrogens with zero attached hydrogens (tertiary/aromatic N) is 2. The molecule has 1 aromatic rings. The Balaban J connectivity index is 1.92. The summed E-state index contributed by atoms with van der Waals surface area (Å²) in [5.74, 6) is 1.58. The molecule has 2 rings (SSSR count). The number of rotatable bonds is 5. The lowest BCUT2D eigenvalue weighted by atomic mass is 10.1. The third kappa shape index (κ3) is 3.32. The summed E-state index contributed by atoms with van der Waals surface area (Å²) >= 11 is 0. The van der Waals surface area contributed by atoms with Gasteiger partial charge in [-0.05, 0) is 37.6 Å². The molecule has 3 nitrogen and oxygen atoms in total. The van der Waals surface area contributed by atoms with E-state index >= 15 is 0 Å². The van der Waals surface area contributed by atoms with E-state index in [0.29, 0.717) is 12.0 Å². The SMILES string of the molecule is CC(C)CNCc1cncn1C1CCC(C)C1. The summed E-state index contributed by atoms with van der Waals surface area (Å²) in [6, 6.07) is 0.684. The monoisotopic (exact) mass is 235 g/mol. The first kappa shape index (κ1) is 12.6. The van der Waals surface area contributed by atoms with Crippen molar-refractivity contribution in [2.45, 2.75) is 52.6 Å². The second-order valence-corrected chi connectivity index (χ2v) is 5.89. The van der Waals surface area contributed by atoms with Crippen molar-refractivity contribution in [1.29, 1.82) is 0 Å². The van der Waals surface area contributed by atoms with Crippen molar-refractivity contribution >= 4 is 0 Å². The number of nitrogens with one attached hydrogen (secondary N) is 1. The van der Waals surface area contributed by atoms with Gasteiger partial charge < -0.3 is 9.88 Å². The summed E-state index contributed by atoms with van der Waals surface area (Å²) in [6.45, 7) is 8.86. The summed E-state index contributed by atoms with van der Waals surface area (Å²) in [6.07, 6.45) is 8.01. The van der Waals surface area contributed by atoms with Crippen LogP contribution in [0.25, 0.3) is 0 Å². The Kier molecular flexibility index (Phi) is 4.21. The zero-order valence-electron chi connectivity index (χ0n) is 11.3. The summed E-state index contributed by atoms with van der Waals surface area (Å²) < 4.78 is 2.39. The summed E-state index contributed by atoms with van der Waals surface area (Å²) in [5, 5.41) is 3.50. The lowest BCUT2D eigenvalue weighted by Gasteiger charge is -2.16. The molecule has 0 spiro atoms. The van der Waals surface area contributed by atoms with Gasteiger partial charge in [-0.2, -0.15) is 0 Å². The minimum atomic E-state index is 0.684. The van der Waals surface area contributed by atoms with Crippen LogP contribution < -0.4 is 5.32 Å². The maximum Gasteiger partial charge on any atom is 0.0951 e. The Morgan fingerprint density at radius 1 is 1.47 bits per heavy atom. The number of imidazole rings is 1. The molecule has 1 saturated carbocycles. The minimum Gasteiger partial charge on any atom is -0.330 e. The number of aromatic nitrogens is 2. The molecule has 0 saturated heterocycles. The lowest BCUT2D eigenvalue weighted by Crippen LogP contribution is -2.21. The van der Waals surface area contributed by atoms with Gasteiger partial charge in [-0.1, -0.05) is 20.8 Å². The van der Waals surface area contributed by atoms with Crippen LogP contribution in [0, 0.1) is 11.8 Å². The highest BCUT2D eigenvalue weighted by molar-refractivity contribution is 5.01. The number of hydrogen-bond acceptors (Lipinski definition) is 2. The van der Waals surface area contributed by atoms with Gasteiger partial charge >= 0.3 is 0 Å². The molecule has 96 valence electrons. The van der Waals surface area contributed by atoms with E-state index in [9.17, 15) is 0 Å². The van der Waals surface area contributed by atoms with Gasteiger partial charge in [0.05, 0.1) is 12.0 Å². The van der Waals surface area contributed by atoms with Crippen molar-refractivity contribution in [3.8, 4) is 0 Å². The second kappa shape index (κ2) is 5.67. The Hall–Kier alpha value is -0.830. The fourth-order valence-electron chi connectivity index (χ4n) is 2.72. The van der Waals surface area contributed by atoms with E-state index in [4.69, 9.17) is 0 Å². The van der Waals surface area contributed by atoms with Crippen molar-refractivity contribution in [1.82, 2.24) is 14.9 Å². The normalized spacial score (nSPS) is 24.7. The van der Waals surface area contributed by atoms with Crippen LogP contribution in [-0.4, -0.2) is 16.1 Å². The van der Waals surface area contributed by atoms with E-state index in [1.165, 1.54) is 25.0 Å². The lowest BCUT2D eigenvalue weighted by molar-refractivity contribution is 0.464. The maximum atomic E-state index is 4.31. The zero-order chi connectivity index (χ0) is 12.3. The second-order valence-electron chi connectivity index (χ2n) is 5.89. The topological polar surface area (TPSA) is 29.9 Å². The molecule has 3 heteroatoms. The summed E-state index contributed by atoms with van der Waals surface area (Å²) in [7, 11) is 0. The van der Waals surface area contributed by atoms with Crippen molar-refractivity contribution in [2.24, 2.45) is 11.8 Å². The van der Waals surface area contributed by atoms with Crippen LogP contribution in [0.5, 0.6) is 0 Å². The van der Waals surface area contributed by atoms with E-state index in [1.54, 1.807) is 0 Å². The molecule has 0 amide bonds. The molecule has 1 aromatic heterocycles. The molecular formula is C14H25N3. The predicted molar refractivity (Wildman–Crippen MR) is 70.8 cm³/mol. The maximum absolute atomic E-state index is 4.31. The van der Waals surface area contributed by atoms with Crippen LogP contribution >= 0.6 is 0 Å². The standard InChI is InChI=1S/C14H25N3/c1-11(2)7-15-8-14-9-16-10-17(14)13-5-4-12(3)6-13/h9-13,15H,4-8H2,1-3H3. The molecule has 1 N–H and O–H groups in total. The first-order chi connectivity index (χ1) is 8.16. The number of hydrogen-bond donors (Lipinski definition) is 1. The van der Waals surface area contributed by atoms with Gasteiger partial charge in [0.15, 0.2) is 0 Å². The molecule has 1 aliphatic rings. The highest BCUT2D eigenvalue weighted by Gasteiger charge is 2.23. The van der Waals surface area contributed by atoms with Gasteiger partial charge in [-0.3, -0.25) is 0 Å². The van der Waals surface area contributed by atoms with Crippen molar-refractivity contribution in [2.75, 3.05) is 6.54 Å². The van der Waals surface area contributed by atoms with Gasteiger partial charge in [0.25, 0.3) is 0 Å². The van der Waals surface area contributed by atoms with E-state index in [-0.39, 0.29) is 0 Å². The van der Waals surface area contributed by atoms with Crippen LogP contribution in [-0.2, 0) is 6.54 Å². The first-order valence-electron chi connectivity index (χ1n) is 6.88. The zero-order valence-corrected chi connectivity index (χ0v) is 11.3. The van der Waals surface area contributed by atoms with Gasteiger partial charge in [-0.25, -0.2) is 4.98 Å². The van der Waals surface area contributed by atoms with Gasteiger partial charge in [-0.15, -0.1) is 0 Å². The van der Waals surface area contributed by atoms with Gasteiger partial charge in [0, 0.05) is 18.8 Å². The molecule has 1 fully saturated rings. The Labute approximate surface area is 105 Å². The predicted octanol–water partition coefficient (Wildman–Crippen LogP) is 2.99. The summed E-state index contributed by atoms with van der Waals surface area (Å²) in [4.78, 5) is 4.31. The molecule has 0 aromatic carbocycles. The smallest absolute Gasteiger partial charge is 0.0951 e. The van der Waals surface area contributed by atoms with Crippen molar-refractivity contribution in [3.63, 3.8) is 0 Å². The van der Waals surface area contributed by atoms with Gasteiger partial charge in [0.2, 0.25) is 0 Å². The van der Waals surface area contributed by atoms with Crippen LogP contribution in [0.1, 0.15) is 51.8 Å². The highest BCUT2D eigenvalue weighted by atomic mass is 15.1. The van der Waals surface area contributed by atoms with E-state index in [0.717, 1.165) is 19.0 Å². The molecule has 0 aliphatic heterocycles. The van der Waals surface area contributed by atoms with Crippen LogP contribution in [0.15, 0.2) is 12.5 Å². The Morgan fingerprint density at radius 2 is 2.29 bits per heavy atom. The van der Waals surface area contributed by atoms with Crippen LogP contribution in [0.4, 0.5) is 0 Å². The largest absolute Gasteiger partial charge is 0.330 e. The third-order valence-electron chi connectivity index (χ3n) is 3.67. The minimum absolute atomic E-state index is 0.684. The molecule has 0 bridgehead atoms. The quantitative estimate of drug-likeness (QED) is 0.850. The Morgan fingerprint density at radius 3 is 2.94 bits per heavy atom. The fraction of sp³-hybridized carbons (Fsp3) is 0.786. The van der Waals surface area contributed by atoms with E-state index in [1.807, 2.05) is 12.5 Å². The van der Waals surface area contributed by atoms with E-state index < -0.39 is 0 Å².